The van der Waals surface area contributed by atoms with Gasteiger partial charge in [0.1, 0.15) is 5.75 Å². The van der Waals surface area contributed by atoms with Gasteiger partial charge in [0.05, 0.1) is 0 Å². The number of amides is 2. The molecular weight excluding hydrogens is 348 g/mol. The van der Waals surface area contributed by atoms with E-state index in [1.165, 1.54) is 12.1 Å². The summed E-state index contributed by atoms with van der Waals surface area (Å²) in [4.78, 5) is 23.8. The number of aromatic hydroxyl groups is 1. The second kappa shape index (κ2) is 6.62. The molecule has 5 nitrogen and oxygen atoms in total. The van der Waals surface area contributed by atoms with E-state index in [-0.39, 0.29) is 5.75 Å². The molecule has 3 N–H and O–H groups in total. The maximum atomic E-state index is 11.9. The van der Waals surface area contributed by atoms with Crippen LogP contribution in [0.1, 0.15) is 11.1 Å². The van der Waals surface area contributed by atoms with Crippen LogP contribution < -0.4 is 10.6 Å². The van der Waals surface area contributed by atoms with Crippen molar-refractivity contribution in [3.05, 3.63) is 52.0 Å². The Labute approximate surface area is 136 Å². The van der Waals surface area contributed by atoms with Crippen molar-refractivity contribution in [1.82, 2.24) is 0 Å². The van der Waals surface area contributed by atoms with E-state index in [9.17, 15) is 14.7 Å². The van der Waals surface area contributed by atoms with Gasteiger partial charge in [0.2, 0.25) is 0 Å². The summed E-state index contributed by atoms with van der Waals surface area (Å²) in [5, 5.41) is 14.4. The summed E-state index contributed by atoms with van der Waals surface area (Å²) in [6, 6.07) is 9.76. The maximum absolute atomic E-state index is 11.9. The van der Waals surface area contributed by atoms with E-state index in [1.807, 2.05) is 6.92 Å². The molecule has 6 heteroatoms. The molecule has 0 saturated heterocycles. The standard InChI is InChI=1S/C16H15BrN2O3/c1-9-7-11(3-5-13(9)17)18-15(21)16(22)19-14-6-4-12(20)8-10(14)2/h3-8,20H,1-2H3,(H,18,21)(H,19,22). The molecule has 114 valence electrons. The lowest BCUT2D eigenvalue weighted by atomic mass is 10.2. The van der Waals surface area contributed by atoms with E-state index in [4.69, 9.17) is 0 Å². The van der Waals surface area contributed by atoms with Crippen LogP contribution in [0.5, 0.6) is 5.75 Å². The predicted molar refractivity (Wildman–Crippen MR) is 89.0 cm³/mol. The molecule has 0 saturated carbocycles. The zero-order valence-corrected chi connectivity index (χ0v) is 13.7. The SMILES string of the molecule is Cc1cc(NC(=O)C(=O)Nc2ccc(O)cc2C)ccc1Br. The Morgan fingerprint density at radius 2 is 1.64 bits per heavy atom. The van der Waals surface area contributed by atoms with Gasteiger partial charge >= 0.3 is 11.8 Å². The highest BCUT2D eigenvalue weighted by molar-refractivity contribution is 9.10. The van der Waals surface area contributed by atoms with E-state index in [1.54, 1.807) is 31.2 Å². The van der Waals surface area contributed by atoms with Crippen molar-refractivity contribution in [2.24, 2.45) is 0 Å². The van der Waals surface area contributed by atoms with E-state index in [0.717, 1.165) is 10.0 Å². The van der Waals surface area contributed by atoms with Crippen LogP contribution in [0, 0.1) is 13.8 Å². The third kappa shape index (κ3) is 3.85. The van der Waals surface area contributed by atoms with Gasteiger partial charge < -0.3 is 15.7 Å². The molecule has 0 radical (unpaired) electrons. The minimum absolute atomic E-state index is 0.102. The third-order valence-corrected chi connectivity index (χ3v) is 3.97. The van der Waals surface area contributed by atoms with Crippen LogP contribution in [0.4, 0.5) is 11.4 Å². The summed E-state index contributed by atoms with van der Waals surface area (Å²) in [7, 11) is 0. The molecule has 0 aromatic heterocycles. The summed E-state index contributed by atoms with van der Waals surface area (Å²) < 4.78 is 0.926. The lowest BCUT2D eigenvalue weighted by molar-refractivity contribution is -0.133. The van der Waals surface area contributed by atoms with E-state index >= 15 is 0 Å². The average molecular weight is 363 g/mol. The first kappa shape index (κ1) is 16.0. The number of hydrogen-bond donors (Lipinski definition) is 3. The highest BCUT2D eigenvalue weighted by Gasteiger charge is 2.15. The van der Waals surface area contributed by atoms with Crippen molar-refractivity contribution in [3.63, 3.8) is 0 Å². The first-order valence-electron chi connectivity index (χ1n) is 6.55. The molecule has 0 heterocycles. The van der Waals surface area contributed by atoms with Crippen LogP contribution in [0.3, 0.4) is 0 Å². The number of carbonyl (C=O) groups is 2. The maximum Gasteiger partial charge on any atom is 0.314 e. The third-order valence-electron chi connectivity index (χ3n) is 3.08. The zero-order valence-electron chi connectivity index (χ0n) is 12.1. The zero-order chi connectivity index (χ0) is 16.3. The van der Waals surface area contributed by atoms with Crippen LogP contribution in [0.25, 0.3) is 0 Å². The molecule has 0 atom stereocenters. The smallest absolute Gasteiger partial charge is 0.314 e. The molecule has 22 heavy (non-hydrogen) atoms. The molecule has 0 aliphatic heterocycles. The number of halogens is 1. The number of hydrogen-bond acceptors (Lipinski definition) is 3. The lowest BCUT2D eigenvalue weighted by Gasteiger charge is -2.10. The van der Waals surface area contributed by atoms with Crippen LogP contribution in [0.2, 0.25) is 0 Å². The van der Waals surface area contributed by atoms with Crippen molar-refractivity contribution in [1.29, 1.82) is 0 Å². The second-order valence-electron chi connectivity index (χ2n) is 4.87. The number of carbonyl (C=O) groups excluding carboxylic acids is 2. The van der Waals surface area contributed by atoms with Gasteiger partial charge in [-0.15, -0.1) is 0 Å². The Kier molecular flexibility index (Phi) is 4.82. The number of rotatable bonds is 2. The van der Waals surface area contributed by atoms with Crippen molar-refractivity contribution >= 4 is 39.1 Å². The number of aryl methyl sites for hydroxylation is 2. The fraction of sp³-hybridized carbons (Fsp3) is 0.125. The van der Waals surface area contributed by atoms with Crippen LogP contribution in [-0.4, -0.2) is 16.9 Å². The van der Waals surface area contributed by atoms with Crippen molar-refractivity contribution < 1.29 is 14.7 Å². The molecule has 0 spiro atoms. The molecule has 2 aromatic carbocycles. The van der Waals surface area contributed by atoms with E-state index < -0.39 is 11.8 Å². The number of phenols is 1. The fourth-order valence-electron chi connectivity index (χ4n) is 1.88. The lowest BCUT2D eigenvalue weighted by Crippen LogP contribution is -2.29. The minimum Gasteiger partial charge on any atom is -0.508 e. The molecule has 2 aromatic rings. The Morgan fingerprint density at radius 3 is 2.27 bits per heavy atom. The highest BCUT2D eigenvalue weighted by Crippen LogP contribution is 2.21. The number of benzene rings is 2. The summed E-state index contributed by atoms with van der Waals surface area (Å²) in [6.45, 7) is 3.62. The Bertz CT molecular complexity index is 744. The summed E-state index contributed by atoms with van der Waals surface area (Å²) in [5.41, 5.74) is 2.64. The fourth-order valence-corrected chi connectivity index (χ4v) is 2.12. The highest BCUT2D eigenvalue weighted by atomic mass is 79.9. The first-order chi connectivity index (χ1) is 10.4. The van der Waals surface area contributed by atoms with Gasteiger partial charge in [0, 0.05) is 15.8 Å². The van der Waals surface area contributed by atoms with Gasteiger partial charge in [0.15, 0.2) is 0 Å². The normalized spacial score (nSPS) is 10.1. The molecule has 0 aliphatic carbocycles. The number of phenolic OH excluding ortho intramolecular Hbond substituents is 1. The number of anilines is 2. The topological polar surface area (TPSA) is 78.4 Å². The van der Waals surface area contributed by atoms with Gasteiger partial charge in [-0.2, -0.15) is 0 Å². The van der Waals surface area contributed by atoms with Crippen LogP contribution in [0.15, 0.2) is 40.9 Å². The molecule has 2 rings (SSSR count). The first-order valence-corrected chi connectivity index (χ1v) is 7.34. The molecule has 0 fully saturated rings. The Hall–Kier alpha value is -2.34. The quantitative estimate of drug-likeness (QED) is 0.566. The van der Waals surface area contributed by atoms with Crippen molar-refractivity contribution in [2.75, 3.05) is 10.6 Å². The summed E-state index contributed by atoms with van der Waals surface area (Å²) in [6.07, 6.45) is 0. The van der Waals surface area contributed by atoms with E-state index in [2.05, 4.69) is 26.6 Å². The molecule has 0 aliphatic rings. The van der Waals surface area contributed by atoms with Gasteiger partial charge in [-0.25, -0.2) is 0 Å². The number of nitrogens with one attached hydrogen (secondary N) is 2. The van der Waals surface area contributed by atoms with Gasteiger partial charge in [-0.1, -0.05) is 15.9 Å². The van der Waals surface area contributed by atoms with Crippen LogP contribution >= 0.6 is 15.9 Å². The van der Waals surface area contributed by atoms with E-state index in [0.29, 0.717) is 16.9 Å². The average Bonchev–Trinajstić information content (AvgIpc) is 2.45. The van der Waals surface area contributed by atoms with Crippen molar-refractivity contribution in [2.45, 2.75) is 13.8 Å². The molecular formula is C16H15BrN2O3. The van der Waals surface area contributed by atoms with Gasteiger partial charge in [-0.3, -0.25) is 9.59 Å². The van der Waals surface area contributed by atoms with Crippen LogP contribution in [-0.2, 0) is 9.59 Å². The monoisotopic (exact) mass is 362 g/mol. The molecule has 0 unspecified atom stereocenters. The minimum atomic E-state index is -0.769. The van der Waals surface area contributed by atoms with Gasteiger partial charge in [-0.05, 0) is 61.4 Å². The Morgan fingerprint density at radius 1 is 0.955 bits per heavy atom. The molecule has 0 bridgehead atoms. The summed E-state index contributed by atoms with van der Waals surface area (Å²) >= 11 is 3.37. The Balaban J connectivity index is 2.05. The van der Waals surface area contributed by atoms with Crippen molar-refractivity contribution in [3.8, 4) is 5.75 Å². The predicted octanol–water partition coefficient (Wildman–Crippen LogP) is 3.35. The summed E-state index contributed by atoms with van der Waals surface area (Å²) in [5.74, 6) is -1.42. The molecule has 2 amide bonds. The largest absolute Gasteiger partial charge is 0.508 e. The van der Waals surface area contributed by atoms with Gasteiger partial charge in [0.25, 0.3) is 0 Å². The second-order valence-corrected chi connectivity index (χ2v) is 5.73.